The summed E-state index contributed by atoms with van der Waals surface area (Å²) in [6, 6.07) is 0. The smallest absolute Gasteiger partial charge is 0.342 e. The molecule has 0 bridgehead atoms. The maximum atomic E-state index is 10.1. The number of hydrogen-bond donors (Lipinski definition) is 3. The number of unbranched alkanes of at least 4 members (excludes halogenated alkanes) is 1. The van der Waals surface area contributed by atoms with Crippen LogP contribution in [-0.2, 0) is 24.2 Å². The lowest BCUT2D eigenvalue weighted by Crippen LogP contribution is -1.98. The van der Waals surface area contributed by atoms with E-state index in [1.54, 1.807) is 0 Å². The minimum Gasteiger partial charge on any atom is -0.481 e. The van der Waals surface area contributed by atoms with Crippen LogP contribution in [0.2, 0.25) is 0 Å². The second kappa shape index (κ2) is 20.6. The van der Waals surface area contributed by atoms with Crippen molar-refractivity contribution in [1.82, 2.24) is 0 Å². The lowest BCUT2D eigenvalue weighted by molar-refractivity contribution is -0.234. The lowest BCUT2D eigenvalue weighted by atomic mass is 10.3. The van der Waals surface area contributed by atoms with E-state index in [0.717, 1.165) is 19.3 Å². The summed E-state index contributed by atoms with van der Waals surface area (Å²) in [5.74, 6) is -1.83. The number of aliphatic carboxylic acids is 1. The highest BCUT2D eigenvalue weighted by molar-refractivity contribution is 5.68. The quantitative estimate of drug-likeness (QED) is 0.483. The average Bonchev–Trinajstić information content (AvgIpc) is 2.46. The third-order valence-corrected chi connectivity index (χ3v) is 1.86. The zero-order valence-electron chi connectivity index (χ0n) is 12.8. The molecule has 0 aromatic rings. The van der Waals surface area contributed by atoms with Crippen LogP contribution in [0.3, 0.4) is 0 Å². The number of rotatable bonds is 7. The van der Waals surface area contributed by atoms with Gasteiger partial charge in [-0.1, -0.05) is 27.2 Å². The molecular weight excluding hydrogens is 284 g/mol. The van der Waals surface area contributed by atoms with Gasteiger partial charge in [0.2, 0.25) is 0 Å². The fraction of sp³-hybridized carbons (Fsp3) is 0.769. The molecule has 0 aromatic heterocycles. The van der Waals surface area contributed by atoms with Gasteiger partial charge in [0.1, 0.15) is 0 Å². The average molecular weight is 310 g/mol. The molecule has 3 N–H and O–H groups in total. The van der Waals surface area contributed by atoms with E-state index in [0.29, 0.717) is 19.3 Å². The van der Waals surface area contributed by atoms with Crippen LogP contribution in [0.4, 0.5) is 0 Å². The van der Waals surface area contributed by atoms with Crippen molar-refractivity contribution in [2.24, 2.45) is 0 Å². The molecule has 0 aliphatic heterocycles. The van der Waals surface area contributed by atoms with Crippen molar-refractivity contribution in [2.45, 2.75) is 65.7 Å². The predicted molar refractivity (Wildman–Crippen MR) is 74.4 cm³/mol. The minimum atomic E-state index is -0.711. The van der Waals surface area contributed by atoms with E-state index < -0.39 is 17.9 Å². The van der Waals surface area contributed by atoms with Crippen LogP contribution in [0, 0.1) is 0 Å². The second-order valence-corrected chi connectivity index (χ2v) is 3.92. The second-order valence-electron chi connectivity index (χ2n) is 3.92. The molecule has 0 amide bonds. The summed E-state index contributed by atoms with van der Waals surface area (Å²) in [6.07, 6.45) is 4.05. The zero-order valence-corrected chi connectivity index (χ0v) is 12.8. The van der Waals surface area contributed by atoms with Crippen molar-refractivity contribution in [2.75, 3.05) is 0 Å². The lowest BCUT2D eigenvalue weighted by Gasteiger charge is -1.90. The summed E-state index contributed by atoms with van der Waals surface area (Å²) in [5, 5.41) is 23.2. The van der Waals surface area contributed by atoms with Crippen molar-refractivity contribution in [3.05, 3.63) is 0 Å². The Morgan fingerprint density at radius 3 is 1.38 bits per heavy atom. The van der Waals surface area contributed by atoms with Crippen molar-refractivity contribution < 1.29 is 39.8 Å². The number of carboxylic acid groups (broad SMARTS) is 1. The minimum absolute atomic E-state index is 0.288. The molecule has 0 heterocycles. The van der Waals surface area contributed by atoms with E-state index in [9.17, 15) is 14.4 Å². The van der Waals surface area contributed by atoms with Crippen LogP contribution in [0.5, 0.6) is 0 Å². The molecule has 8 heteroatoms. The van der Waals surface area contributed by atoms with Crippen molar-refractivity contribution in [3.8, 4) is 0 Å². The monoisotopic (exact) mass is 310 g/mol. The fourth-order valence-electron chi connectivity index (χ4n) is 0.830. The number of hydrogen-bond acceptors (Lipinski definition) is 7. The first-order chi connectivity index (χ1) is 9.89. The summed E-state index contributed by atoms with van der Waals surface area (Å²) in [4.78, 5) is 36.4. The molecule has 0 fully saturated rings. The Bertz CT molecular complexity index is 265. The van der Waals surface area contributed by atoms with Gasteiger partial charge in [0.15, 0.2) is 0 Å². The maximum Gasteiger partial charge on any atom is 0.342 e. The van der Waals surface area contributed by atoms with Crippen LogP contribution in [0.25, 0.3) is 0 Å². The van der Waals surface area contributed by atoms with Crippen LogP contribution < -0.4 is 0 Å². The standard InChI is InChI=1S/C5H10O3.C4H8O3.C4H8O2/c1-2-3-4-5(6)8-7;1-2-3-4(5)7-6;1-2-3-4(5)6/h7H,2-4H2,1H3;6H,2-3H2,1H3;2-3H2,1H3,(H,5,6). The molecule has 8 nitrogen and oxygen atoms in total. The molecule has 0 aliphatic carbocycles. The van der Waals surface area contributed by atoms with Gasteiger partial charge >= 0.3 is 17.9 Å². The summed E-state index contributed by atoms with van der Waals surface area (Å²) < 4.78 is 0. The molecule has 0 saturated carbocycles. The first kappa shape index (κ1) is 24.4. The highest BCUT2D eigenvalue weighted by Gasteiger charge is 1.97. The SMILES string of the molecule is CCCC(=O)O.CCCC(=O)OO.CCCCC(=O)OO. The summed E-state index contributed by atoms with van der Waals surface area (Å²) >= 11 is 0. The zero-order chi connectivity index (χ0) is 17.1. The molecule has 0 atom stereocenters. The largest absolute Gasteiger partial charge is 0.481 e. The van der Waals surface area contributed by atoms with Crippen LogP contribution in [-0.4, -0.2) is 33.5 Å². The predicted octanol–water partition coefficient (Wildman–Crippen LogP) is 2.87. The Balaban J connectivity index is -0.000000234. The van der Waals surface area contributed by atoms with Gasteiger partial charge in [0.05, 0.1) is 0 Å². The van der Waals surface area contributed by atoms with E-state index in [4.69, 9.17) is 15.6 Å². The van der Waals surface area contributed by atoms with E-state index in [2.05, 4.69) is 9.78 Å². The summed E-state index contributed by atoms with van der Waals surface area (Å²) in [7, 11) is 0. The Labute approximate surface area is 124 Å². The van der Waals surface area contributed by atoms with Crippen molar-refractivity contribution >= 4 is 17.9 Å². The van der Waals surface area contributed by atoms with Crippen molar-refractivity contribution in [1.29, 1.82) is 0 Å². The maximum absolute atomic E-state index is 10.1. The Kier molecular flexibility index (Phi) is 23.9. The summed E-state index contributed by atoms with van der Waals surface area (Å²) in [6.45, 7) is 5.63. The molecular formula is C13H26O8. The number of carbonyl (C=O) groups is 3. The van der Waals surface area contributed by atoms with E-state index in [-0.39, 0.29) is 6.42 Å². The number of carboxylic acids is 1. The van der Waals surface area contributed by atoms with Crippen LogP contribution >= 0.6 is 0 Å². The van der Waals surface area contributed by atoms with Crippen LogP contribution in [0.15, 0.2) is 0 Å². The molecule has 0 saturated heterocycles. The van der Waals surface area contributed by atoms with Gasteiger partial charge in [0.25, 0.3) is 0 Å². The fourth-order valence-corrected chi connectivity index (χ4v) is 0.830. The highest BCUT2D eigenvalue weighted by atomic mass is 17.1. The van der Waals surface area contributed by atoms with Gasteiger partial charge in [-0.25, -0.2) is 9.59 Å². The van der Waals surface area contributed by atoms with E-state index in [1.165, 1.54) is 0 Å². The molecule has 0 aromatic carbocycles. The Morgan fingerprint density at radius 1 is 0.762 bits per heavy atom. The van der Waals surface area contributed by atoms with Gasteiger partial charge in [-0.05, 0) is 19.3 Å². The third-order valence-electron chi connectivity index (χ3n) is 1.86. The molecule has 126 valence electrons. The van der Waals surface area contributed by atoms with Gasteiger partial charge in [-0.2, -0.15) is 10.5 Å². The first-order valence-corrected chi connectivity index (χ1v) is 6.79. The molecule has 0 aliphatic rings. The first-order valence-electron chi connectivity index (χ1n) is 6.79. The Hall–Kier alpha value is -1.67. The van der Waals surface area contributed by atoms with Gasteiger partial charge < -0.3 is 14.9 Å². The Morgan fingerprint density at radius 2 is 1.19 bits per heavy atom. The van der Waals surface area contributed by atoms with Gasteiger partial charge in [-0.15, -0.1) is 0 Å². The van der Waals surface area contributed by atoms with Crippen molar-refractivity contribution in [3.63, 3.8) is 0 Å². The normalized spacial score (nSPS) is 8.43. The van der Waals surface area contributed by atoms with E-state index in [1.807, 2.05) is 20.8 Å². The van der Waals surface area contributed by atoms with Gasteiger partial charge in [0, 0.05) is 19.3 Å². The van der Waals surface area contributed by atoms with Crippen LogP contribution in [0.1, 0.15) is 65.7 Å². The molecule has 0 unspecified atom stereocenters. The topological polar surface area (TPSA) is 130 Å². The molecule has 0 radical (unpaired) electrons. The third kappa shape index (κ3) is 32.2. The number of carbonyl (C=O) groups excluding carboxylic acids is 2. The summed E-state index contributed by atoms with van der Waals surface area (Å²) in [5.41, 5.74) is 0. The molecule has 0 spiro atoms. The molecule has 0 rings (SSSR count). The van der Waals surface area contributed by atoms with E-state index >= 15 is 0 Å². The van der Waals surface area contributed by atoms with Gasteiger partial charge in [-0.3, -0.25) is 4.79 Å². The molecule has 21 heavy (non-hydrogen) atoms. The highest BCUT2D eigenvalue weighted by Crippen LogP contribution is 1.93.